The van der Waals surface area contributed by atoms with E-state index in [-0.39, 0.29) is 19.1 Å². The second kappa shape index (κ2) is 5.81. The predicted molar refractivity (Wildman–Crippen MR) is 87.6 cm³/mol. The van der Waals surface area contributed by atoms with Gasteiger partial charge in [-0.25, -0.2) is 0 Å². The SMILES string of the molecule is Cc1ccc2c(c1)OCC(=O)N2Cc1nc(-c2ccccc2)no1. The van der Waals surface area contributed by atoms with Crippen molar-refractivity contribution in [1.29, 1.82) is 0 Å². The van der Waals surface area contributed by atoms with Gasteiger partial charge in [0.05, 0.1) is 5.69 Å². The van der Waals surface area contributed by atoms with E-state index in [0.717, 1.165) is 16.8 Å². The summed E-state index contributed by atoms with van der Waals surface area (Å²) in [4.78, 5) is 18.2. The topological polar surface area (TPSA) is 68.5 Å². The molecule has 0 N–H and O–H groups in total. The largest absolute Gasteiger partial charge is 0.482 e. The Morgan fingerprint density at radius 2 is 2.00 bits per heavy atom. The van der Waals surface area contributed by atoms with Crippen LogP contribution in [0.1, 0.15) is 11.5 Å². The predicted octanol–water partition coefficient (Wildman–Crippen LogP) is 2.97. The third-order valence-corrected chi connectivity index (χ3v) is 3.85. The Morgan fingerprint density at radius 3 is 2.83 bits per heavy atom. The lowest BCUT2D eigenvalue weighted by molar-refractivity contribution is -0.121. The summed E-state index contributed by atoms with van der Waals surface area (Å²) in [7, 11) is 0. The van der Waals surface area contributed by atoms with E-state index in [1.54, 1.807) is 4.90 Å². The number of nitrogens with zero attached hydrogens (tertiary/aromatic N) is 3. The average molecular weight is 321 g/mol. The number of carbonyl (C=O) groups excluding carboxylic acids is 1. The third-order valence-electron chi connectivity index (χ3n) is 3.85. The van der Waals surface area contributed by atoms with E-state index in [1.807, 2.05) is 55.5 Å². The maximum Gasteiger partial charge on any atom is 0.265 e. The Hall–Kier alpha value is -3.15. The molecule has 0 spiro atoms. The van der Waals surface area contributed by atoms with E-state index in [0.29, 0.717) is 17.5 Å². The summed E-state index contributed by atoms with van der Waals surface area (Å²) in [5.41, 5.74) is 2.67. The number of anilines is 1. The highest BCUT2D eigenvalue weighted by Gasteiger charge is 2.27. The molecule has 6 heteroatoms. The van der Waals surface area contributed by atoms with Crippen LogP contribution in [0.4, 0.5) is 5.69 Å². The molecule has 0 atom stereocenters. The van der Waals surface area contributed by atoms with Crippen LogP contribution in [0.5, 0.6) is 5.75 Å². The van der Waals surface area contributed by atoms with E-state index >= 15 is 0 Å². The number of benzene rings is 2. The van der Waals surface area contributed by atoms with Gasteiger partial charge in [-0.05, 0) is 24.6 Å². The van der Waals surface area contributed by atoms with Gasteiger partial charge in [0.1, 0.15) is 12.3 Å². The summed E-state index contributed by atoms with van der Waals surface area (Å²) in [6, 6.07) is 15.3. The van der Waals surface area contributed by atoms with Crippen molar-refractivity contribution in [3.05, 3.63) is 60.0 Å². The molecular formula is C18H15N3O3. The molecule has 1 amide bonds. The molecule has 0 saturated heterocycles. The first kappa shape index (κ1) is 14.4. The molecular weight excluding hydrogens is 306 g/mol. The summed E-state index contributed by atoms with van der Waals surface area (Å²) < 4.78 is 10.8. The summed E-state index contributed by atoms with van der Waals surface area (Å²) >= 11 is 0. The second-order valence-corrected chi connectivity index (χ2v) is 5.62. The molecule has 0 unspecified atom stereocenters. The number of aryl methyl sites for hydroxylation is 1. The number of ether oxygens (including phenoxy) is 1. The average Bonchev–Trinajstić information content (AvgIpc) is 3.07. The number of hydrogen-bond acceptors (Lipinski definition) is 5. The number of aromatic nitrogens is 2. The van der Waals surface area contributed by atoms with E-state index in [1.165, 1.54) is 0 Å². The van der Waals surface area contributed by atoms with Crippen LogP contribution in [0.25, 0.3) is 11.4 Å². The fourth-order valence-corrected chi connectivity index (χ4v) is 2.64. The van der Waals surface area contributed by atoms with Crippen LogP contribution in [-0.4, -0.2) is 22.7 Å². The van der Waals surface area contributed by atoms with Gasteiger partial charge in [-0.15, -0.1) is 0 Å². The quantitative estimate of drug-likeness (QED) is 0.742. The Labute approximate surface area is 138 Å². The summed E-state index contributed by atoms with van der Waals surface area (Å²) in [5.74, 6) is 1.45. The minimum Gasteiger partial charge on any atom is -0.482 e. The van der Waals surface area contributed by atoms with Crippen molar-refractivity contribution in [3.63, 3.8) is 0 Å². The highest BCUT2D eigenvalue weighted by atomic mass is 16.5. The smallest absolute Gasteiger partial charge is 0.265 e. The lowest BCUT2D eigenvalue weighted by Crippen LogP contribution is -2.38. The summed E-state index contributed by atoms with van der Waals surface area (Å²) in [6.07, 6.45) is 0. The van der Waals surface area contributed by atoms with Gasteiger partial charge in [-0.2, -0.15) is 4.98 Å². The van der Waals surface area contributed by atoms with E-state index in [2.05, 4.69) is 10.1 Å². The first-order valence-corrected chi connectivity index (χ1v) is 7.62. The molecule has 24 heavy (non-hydrogen) atoms. The van der Waals surface area contributed by atoms with Crippen LogP contribution in [0.2, 0.25) is 0 Å². The number of fused-ring (bicyclic) bond motifs is 1. The van der Waals surface area contributed by atoms with Crippen LogP contribution >= 0.6 is 0 Å². The van der Waals surface area contributed by atoms with Gasteiger partial charge in [0.25, 0.3) is 5.91 Å². The van der Waals surface area contributed by atoms with Crippen LogP contribution in [-0.2, 0) is 11.3 Å². The molecule has 1 aromatic heterocycles. The first-order valence-electron chi connectivity index (χ1n) is 7.62. The Bertz CT molecular complexity index is 890. The van der Waals surface area contributed by atoms with Crippen LogP contribution in [0.15, 0.2) is 53.1 Å². The van der Waals surface area contributed by atoms with Crippen molar-refractivity contribution in [2.75, 3.05) is 11.5 Å². The molecule has 0 saturated carbocycles. The van der Waals surface area contributed by atoms with Crippen LogP contribution in [0, 0.1) is 6.92 Å². The highest BCUT2D eigenvalue weighted by Crippen LogP contribution is 2.33. The van der Waals surface area contributed by atoms with Crippen LogP contribution < -0.4 is 9.64 Å². The number of carbonyl (C=O) groups is 1. The molecule has 1 aliphatic rings. The minimum atomic E-state index is -0.134. The van der Waals surface area contributed by atoms with Gasteiger partial charge in [0, 0.05) is 5.56 Å². The summed E-state index contributed by atoms with van der Waals surface area (Å²) in [5, 5.41) is 3.99. The molecule has 2 aromatic carbocycles. The zero-order valence-electron chi connectivity index (χ0n) is 13.1. The van der Waals surface area contributed by atoms with E-state index in [4.69, 9.17) is 9.26 Å². The van der Waals surface area contributed by atoms with Crippen molar-refractivity contribution in [2.45, 2.75) is 13.5 Å². The van der Waals surface area contributed by atoms with Crippen molar-refractivity contribution >= 4 is 11.6 Å². The maximum absolute atomic E-state index is 12.2. The molecule has 3 aromatic rings. The lowest BCUT2D eigenvalue weighted by atomic mass is 10.1. The third kappa shape index (κ3) is 2.62. The van der Waals surface area contributed by atoms with Crippen molar-refractivity contribution < 1.29 is 14.1 Å². The standard InChI is InChI=1S/C18H15N3O3/c1-12-7-8-14-15(9-12)23-11-17(22)21(14)10-16-19-18(20-24-16)13-5-3-2-4-6-13/h2-9H,10-11H2,1H3. The molecule has 120 valence electrons. The monoisotopic (exact) mass is 321 g/mol. The fourth-order valence-electron chi connectivity index (χ4n) is 2.64. The van der Waals surface area contributed by atoms with Gasteiger partial charge in [0.2, 0.25) is 11.7 Å². The zero-order valence-corrected chi connectivity index (χ0v) is 13.1. The molecule has 6 nitrogen and oxygen atoms in total. The Morgan fingerprint density at radius 1 is 1.17 bits per heavy atom. The van der Waals surface area contributed by atoms with Gasteiger partial charge in [0.15, 0.2) is 6.61 Å². The van der Waals surface area contributed by atoms with Crippen LogP contribution in [0.3, 0.4) is 0 Å². The molecule has 0 fully saturated rings. The van der Waals surface area contributed by atoms with Gasteiger partial charge in [-0.1, -0.05) is 41.6 Å². The van der Waals surface area contributed by atoms with E-state index in [9.17, 15) is 4.79 Å². The lowest BCUT2D eigenvalue weighted by Gasteiger charge is -2.28. The zero-order chi connectivity index (χ0) is 16.5. The Balaban J connectivity index is 1.62. The fraction of sp³-hybridized carbons (Fsp3) is 0.167. The molecule has 0 bridgehead atoms. The van der Waals surface area contributed by atoms with Gasteiger partial charge in [-0.3, -0.25) is 9.69 Å². The van der Waals surface area contributed by atoms with Gasteiger partial charge < -0.3 is 9.26 Å². The minimum absolute atomic E-state index is 0.0101. The molecule has 0 radical (unpaired) electrons. The highest BCUT2D eigenvalue weighted by molar-refractivity contribution is 5.97. The second-order valence-electron chi connectivity index (χ2n) is 5.62. The Kier molecular flexibility index (Phi) is 3.49. The van der Waals surface area contributed by atoms with E-state index < -0.39 is 0 Å². The molecule has 0 aliphatic carbocycles. The summed E-state index contributed by atoms with van der Waals surface area (Å²) in [6.45, 7) is 2.21. The molecule has 2 heterocycles. The molecule has 4 rings (SSSR count). The van der Waals surface area contributed by atoms with Gasteiger partial charge >= 0.3 is 0 Å². The van der Waals surface area contributed by atoms with Crippen molar-refractivity contribution in [2.24, 2.45) is 0 Å². The van der Waals surface area contributed by atoms with Crippen molar-refractivity contribution in [3.8, 4) is 17.1 Å². The number of rotatable bonds is 3. The number of hydrogen-bond donors (Lipinski definition) is 0. The van der Waals surface area contributed by atoms with Crippen molar-refractivity contribution in [1.82, 2.24) is 10.1 Å². The molecule has 1 aliphatic heterocycles. The number of amides is 1. The normalized spacial score (nSPS) is 13.5. The maximum atomic E-state index is 12.2. The first-order chi connectivity index (χ1) is 11.7.